The summed E-state index contributed by atoms with van der Waals surface area (Å²) in [7, 11) is -1.37. The minimum atomic E-state index is -1.37. The molecular weight excluding hydrogens is 214 g/mol. The highest BCUT2D eigenvalue weighted by Gasteiger charge is 1.95. The van der Waals surface area contributed by atoms with Crippen LogP contribution in [0.2, 0.25) is 0 Å². The molecule has 0 aromatic heterocycles. The molecule has 0 aliphatic heterocycles. The van der Waals surface area contributed by atoms with E-state index in [0.717, 1.165) is 4.47 Å². The maximum absolute atomic E-state index is 10.7. The molecule has 1 rings (SSSR count). The van der Waals surface area contributed by atoms with E-state index in [1.54, 1.807) is 18.2 Å². The van der Waals surface area contributed by atoms with Gasteiger partial charge in [0, 0.05) is 4.47 Å². The minimum Gasteiger partial charge on any atom is -0.248 e. The van der Waals surface area contributed by atoms with Crippen LogP contribution >= 0.6 is 15.9 Å². The minimum absolute atomic E-state index is 0.634. The van der Waals surface area contributed by atoms with Crippen LogP contribution in [-0.2, 0) is 11.0 Å². The molecule has 0 saturated carbocycles. The van der Waals surface area contributed by atoms with Gasteiger partial charge in [-0.3, -0.25) is 0 Å². The van der Waals surface area contributed by atoms with Crippen molar-refractivity contribution >= 4 is 26.9 Å². The van der Waals surface area contributed by atoms with Crippen LogP contribution < -0.4 is 5.14 Å². The summed E-state index contributed by atoms with van der Waals surface area (Å²) in [5.74, 6) is 0. The van der Waals surface area contributed by atoms with Crippen molar-refractivity contribution in [3.63, 3.8) is 0 Å². The molecule has 1 aromatic carbocycles. The molecule has 0 unspecified atom stereocenters. The normalized spacial score (nSPS) is 13.0. The zero-order valence-corrected chi connectivity index (χ0v) is 7.48. The fourth-order valence-electron chi connectivity index (χ4n) is 0.592. The van der Waals surface area contributed by atoms with Crippen molar-refractivity contribution in [3.8, 4) is 0 Å². The number of rotatable bonds is 1. The van der Waals surface area contributed by atoms with Gasteiger partial charge in [-0.05, 0) is 18.2 Å². The molecule has 4 heteroatoms. The van der Waals surface area contributed by atoms with Crippen LogP contribution in [0.15, 0.2) is 33.6 Å². The average molecular weight is 220 g/mol. The van der Waals surface area contributed by atoms with E-state index in [1.165, 1.54) is 0 Å². The second-order valence-electron chi connectivity index (χ2n) is 1.75. The van der Waals surface area contributed by atoms with Crippen molar-refractivity contribution in [2.24, 2.45) is 5.14 Å². The van der Waals surface area contributed by atoms with Crippen molar-refractivity contribution in [1.29, 1.82) is 0 Å². The molecule has 0 heterocycles. The second kappa shape index (κ2) is 3.27. The molecule has 0 spiro atoms. The highest BCUT2D eigenvalue weighted by atomic mass is 79.9. The summed E-state index contributed by atoms with van der Waals surface area (Å²) in [5, 5.41) is 5.13. The summed E-state index contributed by atoms with van der Waals surface area (Å²) in [6.07, 6.45) is 0. The van der Waals surface area contributed by atoms with Gasteiger partial charge in [-0.25, -0.2) is 9.35 Å². The van der Waals surface area contributed by atoms with Gasteiger partial charge >= 0.3 is 0 Å². The smallest absolute Gasteiger partial charge is 0.122 e. The molecule has 0 bridgehead atoms. The first-order valence-electron chi connectivity index (χ1n) is 2.62. The molecule has 0 saturated heterocycles. The number of hydrogen-bond acceptors (Lipinski definition) is 1. The summed E-state index contributed by atoms with van der Waals surface area (Å²) in [4.78, 5) is 0.634. The van der Waals surface area contributed by atoms with E-state index in [4.69, 9.17) is 5.14 Å². The van der Waals surface area contributed by atoms with Gasteiger partial charge in [-0.2, -0.15) is 0 Å². The largest absolute Gasteiger partial charge is 0.248 e. The van der Waals surface area contributed by atoms with Crippen LogP contribution in [-0.4, -0.2) is 4.21 Å². The Morgan fingerprint density at radius 3 is 2.60 bits per heavy atom. The summed E-state index contributed by atoms with van der Waals surface area (Å²) in [6.45, 7) is 0. The molecule has 1 aromatic rings. The van der Waals surface area contributed by atoms with E-state index >= 15 is 0 Å². The lowest BCUT2D eigenvalue weighted by atomic mass is 10.4. The molecule has 0 radical (unpaired) electrons. The quantitative estimate of drug-likeness (QED) is 0.764. The van der Waals surface area contributed by atoms with Crippen LogP contribution in [0.5, 0.6) is 0 Å². The van der Waals surface area contributed by atoms with Crippen LogP contribution in [0.25, 0.3) is 0 Å². The van der Waals surface area contributed by atoms with Gasteiger partial charge in [-0.15, -0.1) is 0 Å². The average Bonchev–Trinajstić information content (AvgIpc) is 1.88. The van der Waals surface area contributed by atoms with Crippen LogP contribution in [0.1, 0.15) is 0 Å². The number of hydrogen-bond donors (Lipinski definition) is 1. The first kappa shape index (κ1) is 7.91. The van der Waals surface area contributed by atoms with E-state index in [9.17, 15) is 4.21 Å². The molecule has 2 nitrogen and oxygen atoms in total. The number of halogens is 1. The molecule has 0 amide bonds. The van der Waals surface area contributed by atoms with E-state index in [1.807, 2.05) is 6.07 Å². The monoisotopic (exact) mass is 219 g/mol. The SMILES string of the molecule is N[S@](=O)c1cccc(Br)c1. The van der Waals surface area contributed by atoms with Crippen molar-refractivity contribution in [2.45, 2.75) is 4.90 Å². The predicted octanol–water partition coefficient (Wildman–Crippen LogP) is 1.43. The number of nitrogens with two attached hydrogens (primary N) is 1. The fourth-order valence-corrected chi connectivity index (χ4v) is 1.60. The Morgan fingerprint density at radius 1 is 1.50 bits per heavy atom. The van der Waals surface area contributed by atoms with E-state index in [0.29, 0.717) is 4.90 Å². The molecule has 54 valence electrons. The molecule has 1 atom stereocenters. The molecule has 2 N–H and O–H groups in total. The van der Waals surface area contributed by atoms with Gasteiger partial charge in [-0.1, -0.05) is 22.0 Å². The Balaban J connectivity index is 3.07. The Labute approximate surface area is 70.1 Å². The Morgan fingerprint density at radius 2 is 2.20 bits per heavy atom. The molecular formula is C6H6BrNOS. The highest BCUT2D eigenvalue weighted by Crippen LogP contribution is 2.12. The lowest BCUT2D eigenvalue weighted by Crippen LogP contribution is -2.01. The third-order valence-corrected chi connectivity index (χ3v) is 2.24. The topological polar surface area (TPSA) is 43.1 Å². The third-order valence-electron chi connectivity index (χ3n) is 1.03. The molecule has 10 heavy (non-hydrogen) atoms. The van der Waals surface area contributed by atoms with E-state index in [-0.39, 0.29) is 0 Å². The lowest BCUT2D eigenvalue weighted by molar-refractivity contribution is 0.684. The van der Waals surface area contributed by atoms with Gasteiger partial charge in [0.2, 0.25) is 0 Å². The summed E-state index contributed by atoms with van der Waals surface area (Å²) in [5.41, 5.74) is 0. The Hall–Kier alpha value is -0.190. The van der Waals surface area contributed by atoms with Crippen molar-refractivity contribution in [2.75, 3.05) is 0 Å². The van der Waals surface area contributed by atoms with Gasteiger partial charge in [0.25, 0.3) is 0 Å². The maximum Gasteiger partial charge on any atom is 0.122 e. The maximum atomic E-state index is 10.7. The van der Waals surface area contributed by atoms with Crippen LogP contribution in [0.4, 0.5) is 0 Å². The lowest BCUT2D eigenvalue weighted by Gasteiger charge is -1.94. The summed E-state index contributed by atoms with van der Waals surface area (Å²) in [6, 6.07) is 7.11. The highest BCUT2D eigenvalue weighted by molar-refractivity contribution is 9.10. The van der Waals surface area contributed by atoms with E-state index < -0.39 is 11.0 Å². The van der Waals surface area contributed by atoms with Crippen molar-refractivity contribution < 1.29 is 4.21 Å². The van der Waals surface area contributed by atoms with Crippen molar-refractivity contribution in [1.82, 2.24) is 0 Å². The van der Waals surface area contributed by atoms with Gasteiger partial charge in [0.05, 0.1) is 4.90 Å². The van der Waals surface area contributed by atoms with Gasteiger partial charge < -0.3 is 0 Å². The zero-order chi connectivity index (χ0) is 7.56. The number of benzene rings is 1. The van der Waals surface area contributed by atoms with E-state index in [2.05, 4.69) is 15.9 Å². The molecule has 0 aliphatic carbocycles. The predicted molar refractivity (Wildman–Crippen MR) is 44.7 cm³/mol. The molecule has 0 fully saturated rings. The molecule has 0 aliphatic rings. The van der Waals surface area contributed by atoms with Crippen molar-refractivity contribution in [3.05, 3.63) is 28.7 Å². The zero-order valence-electron chi connectivity index (χ0n) is 5.08. The first-order chi connectivity index (χ1) is 4.70. The van der Waals surface area contributed by atoms with Gasteiger partial charge in [0.15, 0.2) is 0 Å². The van der Waals surface area contributed by atoms with Crippen LogP contribution in [0, 0.1) is 0 Å². The first-order valence-corrected chi connectivity index (χ1v) is 4.62. The third kappa shape index (κ3) is 1.90. The fraction of sp³-hybridized carbons (Fsp3) is 0. The summed E-state index contributed by atoms with van der Waals surface area (Å²) < 4.78 is 11.6. The second-order valence-corrected chi connectivity index (χ2v) is 3.74. The Kier molecular flexibility index (Phi) is 2.59. The van der Waals surface area contributed by atoms with Crippen LogP contribution in [0.3, 0.4) is 0 Å². The summed E-state index contributed by atoms with van der Waals surface area (Å²) >= 11 is 3.24. The Bertz CT molecular complexity index is 264. The van der Waals surface area contributed by atoms with Gasteiger partial charge in [0.1, 0.15) is 11.0 Å². The standard InChI is InChI=1S/C6H6BrNOS/c7-5-2-1-3-6(4-5)10(8)9/h1-4H,8H2/t10-/m1/s1.